The summed E-state index contributed by atoms with van der Waals surface area (Å²) in [5.74, 6) is -0.654. The topological polar surface area (TPSA) is 78.5 Å². The van der Waals surface area contributed by atoms with Crippen LogP contribution in [0.15, 0.2) is 60.7 Å². The zero-order chi connectivity index (χ0) is 19.6. The van der Waals surface area contributed by atoms with Crippen LogP contribution in [-0.2, 0) is 20.8 Å². The van der Waals surface area contributed by atoms with E-state index in [2.05, 4.69) is 10.6 Å². The van der Waals surface area contributed by atoms with Crippen molar-refractivity contribution in [1.82, 2.24) is 10.2 Å². The number of likely N-dealkylation sites (N-methyl/N-ethyl adjacent to an activating group) is 1. The van der Waals surface area contributed by atoms with Crippen molar-refractivity contribution in [3.63, 3.8) is 0 Å². The molecule has 0 bridgehead atoms. The molecule has 0 radical (unpaired) electrons. The number of rotatable bonds is 7. The number of carbonyl (C=O) groups is 3. The minimum Gasteiger partial charge on any atom is -0.349 e. The molecule has 0 fully saturated rings. The van der Waals surface area contributed by atoms with Gasteiger partial charge in [-0.05, 0) is 29.3 Å². The van der Waals surface area contributed by atoms with Crippen molar-refractivity contribution in [1.29, 1.82) is 0 Å². The van der Waals surface area contributed by atoms with E-state index in [1.54, 1.807) is 44.4 Å². The Morgan fingerprint density at radius 3 is 2.26 bits per heavy atom. The Morgan fingerprint density at radius 2 is 1.63 bits per heavy atom. The highest BCUT2D eigenvalue weighted by atomic mass is 16.2. The molecule has 2 aromatic carbocycles. The maximum Gasteiger partial charge on any atom is 0.244 e. The van der Waals surface area contributed by atoms with E-state index in [9.17, 15) is 14.4 Å². The van der Waals surface area contributed by atoms with Crippen LogP contribution < -0.4 is 10.6 Å². The molecule has 0 atom stereocenters. The van der Waals surface area contributed by atoms with Gasteiger partial charge in [-0.1, -0.05) is 42.5 Å². The summed E-state index contributed by atoms with van der Waals surface area (Å²) in [5, 5.41) is 5.24. The summed E-state index contributed by atoms with van der Waals surface area (Å²) in [7, 11) is 3.42. The van der Waals surface area contributed by atoms with E-state index >= 15 is 0 Å². The molecule has 0 unspecified atom stereocenters. The molecule has 140 valence electrons. The van der Waals surface area contributed by atoms with Gasteiger partial charge in [-0.25, -0.2) is 0 Å². The number of amides is 3. The van der Waals surface area contributed by atoms with Gasteiger partial charge in [0.05, 0.1) is 13.0 Å². The molecule has 0 aliphatic heterocycles. The summed E-state index contributed by atoms with van der Waals surface area (Å²) in [4.78, 5) is 36.9. The molecule has 0 aliphatic rings. The zero-order valence-corrected chi connectivity index (χ0v) is 15.4. The number of carbonyl (C=O) groups excluding carboxylic acids is 3. The summed E-state index contributed by atoms with van der Waals surface area (Å²) >= 11 is 0. The maximum absolute atomic E-state index is 11.9. The van der Waals surface area contributed by atoms with Crippen molar-refractivity contribution in [2.45, 2.75) is 6.42 Å². The number of hydrogen-bond donors (Lipinski definition) is 2. The van der Waals surface area contributed by atoms with Crippen LogP contribution in [0.25, 0.3) is 6.08 Å². The second kappa shape index (κ2) is 9.91. The van der Waals surface area contributed by atoms with Gasteiger partial charge in [0.25, 0.3) is 0 Å². The molecular weight excluding hydrogens is 342 g/mol. The van der Waals surface area contributed by atoms with Crippen LogP contribution in [0, 0.1) is 0 Å². The van der Waals surface area contributed by atoms with Crippen LogP contribution >= 0.6 is 0 Å². The van der Waals surface area contributed by atoms with Crippen LogP contribution in [0.5, 0.6) is 0 Å². The van der Waals surface area contributed by atoms with Crippen molar-refractivity contribution >= 4 is 29.5 Å². The minimum absolute atomic E-state index is 0.0121. The van der Waals surface area contributed by atoms with Gasteiger partial charge in [0.15, 0.2) is 0 Å². The van der Waals surface area contributed by atoms with Crippen LogP contribution in [0.1, 0.15) is 11.1 Å². The fourth-order valence-electron chi connectivity index (χ4n) is 2.21. The number of nitrogens with one attached hydrogen (secondary N) is 2. The third-order valence-electron chi connectivity index (χ3n) is 3.74. The molecule has 0 aliphatic carbocycles. The Bertz CT molecular complexity index is 812. The number of benzene rings is 2. The largest absolute Gasteiger partial charge is 0.349 e. The monoisotopic (exact) mass is 365 g/mol. The van der Waals surface area contributed by atoms with Gasteiger partial charge in [-0.2, -0.15) is 0 Å². The minimum atomic E-state index is -0.341. The number of anilines is 1. The molecule has 0 saturated carbocycles. The van der Waals surface area contributed by atoms with Gasteiger partial charge in [0, 0.05) is 25.9 Å². The predicted molar refractivity (Wildman–Crippen MR) is 106 cm³/mol. The first-order valence-corrected chi connectivity index (χ1v) is 8.54. The molecule has 6 heteroatoms. The lowest BCUT2D eigenvalue weighted by atomic mass is 10.1. The molecule has 2 aromatic rings. The maximum atomic E-state index is 11.9. The van der Waals surface area contributed by atoms with E-state index in [1.807, 2.05) is 30.3 Å². The Kier molecular flexibility index (Phi) is 7.31. The quantitative estimate of drug-likeness (QED) is 0.738. The van der Waals surface area contributed by atoms with E-state index in [1.165, 1.54) is 11.0 Å². The highest BCUT2D eigenvalue weighted by Gasteiger charge is 2.07. The lowest BCUT2D eigenvalue weighted by molar-refractivity contribution is -0.128. The molecule has 27 heavy (non-hydrogen) atoms. The zero-order valence-electron chi connectivity index (χ0n) is 15.4. The van der Waals surface area contributed by atoms with Crippen molar-refractivity contribution in [2.75, 3.05) is 26.0 Å². The van der Waals surface area contributed by atoms with Gasteiger partial charge in [0.1, 0.15) is 0 Å². The van der Waals surface area contributed by atoms with E-state index in [0.717, 1.165) is 11.1 Å². The average Bonchev–Trinajstić information content (AvgIpc) is 2.67. The van der Waals surface area contributed by atoms with Crippen LogP contribution in [0.2, 0.25) is 0 Å². The van der Waals surface area contributed by atoms with Crippen molar-refractivity contribution in [3.05, 3.63) is 71.8 Å². The van der Waals surface area contributed by atoms with E-state index < -0.39 is 0 Å². The Labute approximate surface area is 158 Å². The number of nitrogens with zero attached hydrogens (tertiary/aromatic N) is 1. The fraction of sp³-hybridized carbons (Fsp3) is 0.190. The van der Waals surface area contributed by atoms with Crippen molar-refractivity contribution in [2.24, 2.45) is 0 Å². The Hall–Kier alpha value is -3.41. The van der Waals surface area contributed by atoms with Crippen molar-refractivity contribution in [3.8, 4) is 0 Å². The summed E-state index contributed by atoms with van der Waals surface area (Å²) in [6.07, 6.45) is 3.38. The molecule has 2 rings (SSSR count). The van der Waals surface area contributed by atoms with E-state index in [0.29, 0.717) is 12.1 Å². The summed E-state index contributed by atoms with van der Waals surface area (Å²) < 4.78 is 0. The van der Waals surface area contributed by atoms with Gasteiger partial charge in [-0.15, -0.1) is 0 Å². The van der Waals surface area contributed by atoms with Crippen LogP contribution in [0.3, 0.4) is 0 Å². The highest BCUT2D eigenvalue weighted by molar-refractivity contribution is 5.98. The SMILES string of the molecule is CN(C)C(=O)Cc1ccc(NC(=O)CNC(=O)/C=C/c2ccccc2)cc1. The molecular formula is C21H23N3O3. The standard InChI is InChI=1S/C21H23N3O3/c1-24(2)21(27)14-17-8-11-18(12-9-17)23-20(26)15-22-19(25)13-10-16-6-4-3-5-7-16/h3-13H,14-15H2,1-2H3,(H,22,25)(H,23,26)/b13-10+. The Balaban J connectivity index is 1.77. The van der Waals surface area contributed by atoms with Crippen molar-refractivity contribution < 1.29 is 14.4 Å². The van der Waals surface area contributed by atoms with Gasteiger partial charge < -0.3 is 15.5 Å². The Morgan fingerprint density at radius 1 is 0.963 bits per heavy atom. The van der Waals surface area contributed by atoms with Crippen LogP contribution in [0.4, 0.5) is 5.69 Å². The molecule has 0 spiro atoms. The fourth-order valence-corrected chi connectivity index (χ4v) is 2.21. The van der Waals surface area contributed by atoms with E-state index in [-0.39, 0.29) is 24.3 Å². The highest BCUT2D eigenvalue weighted by Crippen LogP contribution is 2.10. The molecule has 2 N–H and O–H groups in total. The third kappa shape index (κ3) is 7.15. The van der Waals surface area contributed by atoms with Crippen LogP contribution in [-0.4, -0.2) is 43.3 Å². The van der Waals surface area contributed by atoms with Gasteiger partial charge in [-0.3, -0.25) is 14.4 Å². The first-order chi connectivity index (χ1) is 12.9. The second-order valence-electron chi connectivity index (χ2n) is 6.17. The van der Waals surface area contributed by atoms with Gasteiger partial charge >= 0.3 is 0 Å². The molecule has 0 saturated heterocycles. The third-order valence-corrected chi connectivity index (χ3v) is 3.74. The first kappa shape index (κ1) is 19.9. The molecule has 6 nitrogen and oxygen atoms in total. The first-order valence-electron chi connectivity index (χ1n) is 8.54. The normalized spacial score (nSPS) is 10.4. The molecule has 0 heterocycles. The predicted octanol–water partition coefficient (Wildman–Crippen LogP) is 2.09. The lowest BCUT2D eigenvalue weighted by Crippen LogP contribution is -2.31. The summed E-state index contributed by atoms with van der Waals surface area (Å²) in [6.45, 7) is -0.126. The van der Waals surface area contributed by atoms with E-state index in [4.69, 9.17) is 0 Å². The molecule has 0 aromatic heterocycles. The molecule has 3 amide bonds. The smallest absolute Gasteiger partial charge is 0.244 e. The second-order valence-corrected chi connectivity index (χ2v) is 6.17. The lowest BCUT2D eigenvalue weighted by Gasteiger charge is -2.10. The summed E-state index contributed by atoms with van der Waals surface area (Å²) in [5.41, 5.74) is 2.38. The van der Waals surface area contributed by atoms with Gasteiger partial charge in [0.2, 0.25) is 17.7 Å². The summed E-state index contributed by atoms with van der Waals surface area (Å²) in [6, 6.07) is 16.5. The number of hydrogen-bond acceptors (Lipinski definition) is 3. The average molecular weight is 365 g/mol.